The minimum absolute atomic E-state index is 0.00126. The first-order chi connectivity index (χ1) is 13.1. The summed E-state index contributed by atoms with van der Waals surface area (Å²) in [5.74, 6) is -0.467. The molecule has 0 aliphatic heterocycles. The lowest BCUT2D eigenvalue weighted by Gasteiger charge is -2.27. The van der Waals surface area contributed by atoms with E-state index in [9.17, 15) is 14.9 Å². The summed E-state index contributed by atoms with van der Waals surface area (Å²) in [4.78, 5) is 22.8. The van der Waals surface area contributed by atoms with Gasteiger partial charge in [-0.3, -0.25) is 14.9 Å². The highest BCUT2D eigenvalue weighted by atomic mass is 35.6. The first kappa shape index (κ1) is 22.2. The number of nitro benzene ring substituents is 1. The zero-order valence-corrected chi connectivity index (χ0v) is 17.5. The second kappa shape index (κ2) is 9.38. The van der Waals surface area contributed by atoms with Crippen LogP contribution in [-0.2, 0) is 0 Å². The van der Waals surface area contributed by atoms with Gasteiger partial charge in [0.25, 0.3) is 11.6 Å². The molecule has 0 aliphatic rings. The average molecular weight is 462 g/mol. The maximum absolute atomic E-state index is 12.4. The number of alkyl halides is 3. The predicted molar refractivity (Wildman–Crippen MR) is 115 cm³/mol. The molecule has 0 aliphatic carbocycles. The fourth-order valence-electron chi connectivity index (χ4n) is 2.20. The smallest absolute Gasteiger partial charge is 0.271 e. The van der Waals surface area contributed by atoms with Crippen LogP contribution in [0.5, 0.6) is 0 Å². The number of amides is 1. The molecule has 0 unspecified atom stereocenters. The highest BCUT2D eigenvalue weighted by Crippen LogP contribution is 2.29. The molecule has 11 heteroatoms. The summed E-state index contributed by atoms with van der Waals surface area (Å²) >= 11 is 23.0. The van der Waals surface area contributed by atoms with Gasteiger partial charge in [-0.25, -0.2) is 0 Å². The minimum atomic E-state index is -1.92. The number of carbonyl (C=O) groups is 1. The van der Waals surface area contributed by atoms with Crippen LogP contribution < -0.4 is 16.0 Å². The van der Waals surface area contributed by atoms with Crippen LogP contribution in [-0.4, -0.2) is 25.9 Å². The lowest BCUT2D eigenvalue weighted by atomic mass is 10.1. The molecule has 3 N–H and O–H groups in total. The van der Waals surface area contributed by atoms with Gasteiger partial charge in [-0.1, -0.05) is 58.6 Å². The van der Waals surface area contributed by atoms with Gasteiger partial charge in [0.05, 0.1) is 4.92 Å². The summed E-state index contributed by atoms with van der Waals surface area (Å²) in [6.07, 6.45) is -1.16. The number of benzene rings is 2. The Balaban J connectivity index is 2.09. The van der Waals surface area contributed by atoms with E-state index < -0.39 is 20.8 Å². The maximum atomic E-state index is 12.4. The summed E-state index contributed by atoms with van der Waals surface area (Å²) in [6, 6.07) is 12.6. The minimum Gasteiger partial charge on any atom is -0.339 e. The molecule has 0 bridgehead atoms. The fourth-order valence-corrected chi connectivity index (χ4v) is 2.76. The molecule has 0 radical (unpaired) electrons. The number of nitro groups is 1. The molecule has 0 aromatic heterocycles. The normalized spacial score (nSPS) is 12.0. The Labute approximate surface area is 181 Å². The highest BCUT2D eigenvalue weighted by molar-refractivity contribution is 7.80. The van der Waals surface area contributed by atoms with E-state index in [0.29, 0.717) is 11.3 Å². The van der Waals surface area contributed by atoms with Gasteiger partial charge in [0.1, 0.15) is 6.17 Å². The number of carbonyl (C=O) groups excluding carboxylic acids is 1. The van der Waals surface area contributed by atoms with Crippen molar-refractivity contribution >= 4 is 69.4 Å². The third-order valence-electron chi connectivity index (χ3n) is 3.47. The summed E-state index contributed by atoms with van der Waals surface area (Å²) in [5.41, 5.74) is 1.53. The zero-order chi connectivity index (χ0) is 20.9. The number of rotatable bonds is 5. The number of nitrogens with zero attached hydrogens (tertiary/aromatic N) is 1. The number of aryl methyl sites for hydroxylation is 1. The summed E-state index contributed by atoms with van der Waals surface area (Å²) < 4.78 is -1.92. The van der Waals surface area contributed by atoms with Crippen LogP contribution >= 0.6 is 47.0 Å². The molecule has 0 heterocycles. The number of non-ortho nitro benzene ring substituents is 1. The number of halogens is 3. The van der Waals surface area contributed by atoms with Crippen molar-refractivity contribution in [3.05, 3.63) is 69.8 Å². The van der Waals surface area contributed by atoms with Crippen molar-refractivity contribution in [2.24, 2.45) is 0 Å². The van der Waals surface area contributed by atoms with Crippen molar-refractivity contribution in [1.82, 2.24) is 10.6 Å². The molecule has 1 amide bonds. The standard InChI is InChI=1S/C17H15Cl3N4O3S/c1-10-4-2-5-11(8-10)14(25)22-15(17(18,19)20)23-16(28)21-12-6-3-7-13(9-12)24(26)27/h2-9,15H,1H3,(H,22,25)(H2,21,23,28)/t15-/m1/s1. The van der Waals surface area contributed by atoms with Gasteiger partial charge in [0.15, 0.2) is 5.11 Å². The quantitative estimate of drug-likeness (QED) is 0.202. The van der Waals surface area contributed by atoms with E-state index in [4.69, 9.17) is 47.0 Å². The van der Waals surface area contributed by atoms with Crippen molar-refractivity contribution in [3.63, 3.8) is 0 Å². The number of anilines is 1. The van der Waals surface area contributed by atoms with Crippen LogP contribution in [0.25, 0.3) is 0 Å². The van der Waals surface area contributed by atoms with Gasteiger partial charge in [0, 0.05) is 23.4 Å². The van der Waals surface area contributed by atoms with Gasteiger partial charge >= 0.3 is 0 Å². The number of hydrogen-bond donors (Lipinski definition) is 3. The van der Waals surface area contributed by atoms with E-state index in [1.807, 2.05) is 13.0 Å². The molecule has 0 spiro atoms. The highest BCUT2D eigenvalue weighted by Gasteiger charge is 2.35. The van der Waals surface area contributed by atoms with Crippen LogP contribution in [0.4, 0.5) is 11.4 Å². The zero-order valence-electron chi connectivity index (χ0n) is 14.4. The van der Waals surface area contributed by atoms with Crippen molar-refractivity contribution in [2.45, 2.75) is 16.9 Å². The topological polar surface area (TPSA) is 96.3 Å². The number of thiocarbonyl (C=S) groups is 1. The average Bonchev–Trinajstić information content (AvgIpc) is 2.60. The first-order valence-electron chi connectivity index (χ1n) is 7.82. The van der Waals surface area contributed by atoms with E-state index in [0.717, 1.165) is 5.56 Å². The summed E-state index contributed by atoms with van der Waals surface area (Å²) in [6.45, 7) is 1.85. The Morgan fingerprint density at radius 1 is 1.14 bits per heavy atom. The van der Waals surface area contributed by atoms with E-state index in [1.165, 1.54) is 18.2 Å². The van der Waals surface area contributed by atoms with Crippen LogP contribution in [0, 0.1) is 17.0 Å². The van der Waals surface area contributed by atoms with Crippen LogP contribution in [0.15, 0.2) is 48.5 Å². The van der Waals surface area contributed by atoms with Crippen molar-refractivity contribution in [3.8, 4) is 0 Å². The molecule has 2 rings (SSSR count). The Morgan fingerprint density at radius 3 is 2.43 bits per heavy atom. The van der Waals surface area contributed by atoms with E-state index in [2.05, 4.69) is 16.0 Å². The molecule has 0 saturated heterocycles. The van der Waals surface area contributed by atoms with Gasteiger partial charge in [-0.05, 0) is 37.3 Å². The van der Waals surface area contributed by atoms with Crippen LogP contribution in [0.3, 0.4) is 0 Å². The molecule has 28 heavy (non-hydrogen) atoms. The second-order valence-corrected chi connectivity index (χ2v) is 8.50. The SMILES string of the molecule is Cc1cccc(C(=O)N[C@H](NC(=S)Nc2cccc([N+](=O)[O-])c2)C(Cl)(Cl)Cl)c1. The van der Waals surface area contributed by atoms with Crippen molar-refractivity contribution in [2.75, 3.05) is 5.32 Å². The Hall–Kier alpha value is -2.13. The van der Waals surface area contributed by atoms with Crippen molar-refractivity contribution in [1.29, 1.82) is 0 Å². The van der Waals surface area contributed by atoms with Crippen molar-refractivity contribution < 1.29 is 9.72 Å². The monoisotopic (exact) mass is 460 g/mol. The largest absolute Gasteiger partial charge is 0.339 e. The van der Waals surface area contributed by atoms with E-state index in [1.54, 1.807) is 24.3 Å². The number of nitrogens with one attached hydrogen (secondary N) is 3. The molecule has 0 saturated carbocycles. The molecule has 0 fully saturated rings. The van der Waals surface area contributed by atoms with Gasteiger partial charge < -0.3 is 16.0 Å². The Bertz CT molecular complexity index is 905. The van der Waals surface area contributed by atoms with Crippen LogP contribution in [0.1, 0.15) is 15.9 Å². The summed E-state index contributed by atoms with van der Waals surface area (Å²) in [5, 5.41) is 18.9. The fraction of sp³-hybridized carbons (Fsp3) is 0.176. The lowest BCUT2D eigenvalue weighted by Crippen LogP contribution is -2.56. The second-order valence-electron chi connectivity index (χ2n) is 5.72. The number of hydrogen-bond acceptors (Lipinski definition) is 4. The molecule has 7 nitrogen and oxygen atoms in total. The summed E-state index contributed by atoms with van der Waals surface area (Å²) in [7, 11) is 0. The molecular formula is C17H15Cl3N4O3S. The molecule has 1 atom stereocenters. The lowest BCUT2D eigenvalue weighted by molar-refractivity contribution is -0.384. The van der Waals surface area contributed by atoms with Gasteiger partial charge in [-0.2, -0.15) is 0 Å². The Kier molecular flexibility index (Phi) is 7.42. The van der Waals surface area contributed by atoms with Gasteiger partial charge in [0.2, 0.25) is 3.79 Å². The molecular weight excluding hydrogens is 447 g/mol. The third kappa shape index (κ3) is 6.49. The van der Waals surface area contributed by atoms with E-state index >= 15 is 0 Å². The maximum Gasteiger partial charge on any atom is 0.271 e. The molecule has 2 aromatic carbocycles. The first-order valence-corrected chi connectivity index (χ1v) is 9.36. The molecule has 2 aromatic rings. The predicted octanol–water partition coefficient (Wildman–Crippen LogP) is 4.32. The Morgan fingerprint density at radius 2 is 1.82 bits per heavy atom. The third-order valence-corrected chi connectivity index (χ3v) is 4.35. The molecule has 148 valence electrons. The van der Waals surface area contributed by atoms with Crippen LogP contribution in [0.2, 0.25) is 0 Å². The van der Waals surface area contributed by atoms with Gasteiger partial charge in [-0.15, -0.1) is 0 Å². The van der Waals surface area contributed by atoms with E-state index in [-0.39, 0.29) is 10.8 Å².